The average molecular weight is 768 g/mol. The van der Waals surface area contributed by atoms with Gasteiger partial charge in [-0.25, -0.2) is 4.98 Å². The molecule has 0 bridgehead atoms. The Hall–Kier alpha value is -7.09. The summed E-state index contributed by atoms with van der Waals surface area (Å²) in [6, 6.07) is 76.0. The molecule has 1 heteroatoms. The molecule has 60 heavy (non-hydrogen) atoms. The maximum Gasteiger partial charge on any atom is 0.0715 e. The Labute approximate surface area is 353 Å². The minimum absolute atomic E-state index is 0.165. The second kappa shape index (κ2) is 14.6. The Morgan fingerprint density at radius 2 is 1.00 bits per heavy atom. The van der Waals surface area contributed by atoms with E-state index in [1.165, 1.54) is 77.9 Å². The first kappa shape index (κ1) is 36.0. The smallest absolute Gasteiger partial charge is 0.0715 e. The van der Waals surface area contributed by atoms with Crippen LogP contribution < -0.4 is 0 Å². The maximum absolute atomic E-state index is 5.27. The normalized spacial score (nSPS) is 14.7. The van der Waals surface area contributed by atoms with E-state index < -0.39 is 0 Å². The Kier molecular flexibility index (Phi) is 8.78. The molecule has 0 N–H and O–H groups in total. The van der Waals surface area contributed by atoms with Gasteiger partial charge in [0.2, 0.25) is 0 Å². The molecule has 9 aromatic rings. The van der Waals surface area contributed by atoms with E-state index in [9.17, 15) is 0 Å². The molecule has 0 aliphatic heterocycles. The number of hydrogen-bond donors (Lipinski definition) is 0. The summed E-state index contributed by atoms with van der Waals surface area (Å²) in [5.41, 5.74) is 23.7. The van der Waals surface area contributed by atoms with E-state index in [0.29, 0.717) is 5.92 Å². The molecule has 0 saturated carbocycles. The third kappa shape index (κ3) is 6.21. The molecule has 0 radical (unpaired) electrons. The first-order chi connectivity index (χ1) is 29.5. The van der Waals surface area contributed by atoms with Gasteiger partial charge in [-0.05, 0) is 127 Å². The highest BCUT2D eigenvalue weighted by Gasteiger charge is 2.37. The highest BCUT2D eigenvalue weighted by atomic mass is 14.7. The van der Waals surface area contributed by atoms with Crippen molar-refractivity contribution >= 4 is 0 Å². The largest absolute Gasteiger partial charge is 0.248 e. The highest BCUT2D eigenvalue weighted by Crippen LogP contribution is 2.53. The number of nitrogens with zero attached hydrogens (tertiary/aromatic N) is 1. The minimum atomic E-state index is -0.165. The van der Waals surface area contributed by atoms with Gasteiger partial charge in [0.25, 0.3) is 0 Å². The van der Waals surface area contributed by atoms with E-state index in [4.69, 9.17) is 4.98 Å². The molecule has 1 nitrogen and oxygen atoms in total. The third-order valence-corrected chi connectivity index (χ3v) is 13.1. The standard InChI is InChI=1S/C59H45N/c1-59(2)54-27-15-26-50(45-23-14-24-46(34-45)57-38-47(39-16-6-3-7-17-39)37-56(60-57)42-21-10-5-11-22-42)58(54)52-33-30-44(36-55(52)59)43-29-32-51-48-25-13-12-20-41(48)28-31-49(53(51)35-43)40-18-8-4-9-19-40/h3-27,29-30,32-38,49H,28,31H2,1-2H3. The van der Waals surface area contributed by atoms with Crippen LogP contribution in [0.4, 0.5) is 0 Å². The molecule has 1 atom stereocenters. The van der Waals surface area contributed by atoms with Crippen LogP contribution in [0.5, 0.6) is 0 Å². The SMILES string of the molecule is CC1(C)c2cc(-c3ccc4c(c3)C(c3ccccc3)CCc3ccccc3-4)ccc2-c2c(-c3cccc(-c4cc(-c5ccccc5)cc(-c5ccccc5)n4)c3)cccc21. The van der Waals surface area contributed by atoms with Gasteiger partial charge in [-0.1, -0.05) is 190 Å². The summed E-state index contributed by atoms with van der Waals surface area (Å²) in [6.45, 7) is 4.79. The molecule has 1 heterocycles. The van der Waals surface area contributed by atoms with Gasteiger partial charge in [-0.3, -0.25) is 0 Å². The van der Waals surface area contributed by atoms with Crippen molar-refractivity contribution in [3.8, 4) is 78.1 Å². The van der Waals surface area contributed by atoms with E-state index in [0.717, 1.165) is 40.9 Å². The first-order valence-electron chi connectivity index (χ1n) is 21.3. The average Bonchev–Trinajstić information content (AvgIpc) is 3.43. The van der Waals surface area contributed by atoms with Crippen molar-refractivity contribution in [1.82, 2.24) is 4.98 Å². The molecule has 1 aromatic heterocycles. The van der Waals surface area contributed by atoms with Crippen molar-refractivity contribution in [2.45, 2.75) is 38.0 Å². The van der Waals surface area contributed by atoms with Crippen LogP contribution in [0.15, 0.2) is 206 Å². The van der Waals surface area contributed by atoms with Crippen LogP contribution >= 0.6 is 0 Å². The highest BCUT2D eigenvalue weighted by molar-refractivity contribution is 5.94. The molecule has 0 fully saturated rings. The lowest BCUT2D eigenvalue weighted by Crippen LogP contribution is -2.15. The van der Waals surface area contributed by atoms with Crippen LogP contribution in [-0.4, -0.2) is 4.98 Å². The molecule has 2 aliphatic rings. The number of hydrogen-bond acceptors (Lipinski definition) is 1. The quantitative estimate of drug-likeness (QED) is 0.164. The molecular weight excluding hydrogens is 723 g/mol. The number of fused-ring (bicyclic) bond motifs is 6. The van der Waals surface area contributed by atoms with Gasteiger partial charge in [0.15, 0.2) is 0 Å². The fraction of sp³-hybridized carbons (Fsp3) is 0.102. The molecule has 2 aliphatic carbocycles. The van der Waals surface area contributed by atoms with Crippen LogP contribution in [0.25, 0.3) is 78.1 Å². The number of aromatic nitrogens is 1. The van der Waals surface area contributed by atoms with Gasteiger partial charge < -0.3 is 0 Å². The lowest BCUT2D eigenvalue weighted by atomic mass is 9.80. The van der Waals surface area contributed by atoms with E-state index in [2.05, 4.69) is 220 Å². The molecule has 0 amide bonds. The summed E-state index contributed by atoms with van der Waals surface area (Å²) in [7, 11) is 0. The summed E-state index contributed by atoms with van der Waals surface area (Å²) in [5.74, 6) is 0.336. The van der Waals surface area contributed by atoms with Gasteiger partial charge >= 0.3 is 0 Å². The summed E-state index contributed by atoms with van der Waals surface area (Å²) < 4.78 is 0. The van der Waals surface area contributed by atoms with Gasteiger partial charge in [-0.2, -0.15) is 0 Å². The Morgan fingerprint density at radius 3 is 1.78 bits per heavy atom. The van der Waals surface area contributed by atoms with Crippen LogP contribution in [0.2, 0.25) is 0 Å². The maximum atomic E-state index is 5.27. The third-order valence-electron chi connectivity index (χ3n) is 13.1. The Balaban J connectivity index is 1.00. The number of pyridine rings is 1. The zero-order valence-electron chi connectivity index (χ0n) is 34.1. The summed E-state index contributed by atoms with van der Waals surface area (Å²) in [5, 5.41) is 0. The van der Waals surface area contributed by atoms with Crippen LogP contribution in [0.3, 0.4) is 0 Å². The summed E-state index contributed by atoms with van der Waals surface area (Å²) >= 11 is 0. The molecule has 1 unspecified atom stereocenters. The fourth-order valence-electron chi connectivity index (χ4n) is 10.1. The summed E-state index contributed by atoms with van der Waals surface area (Å²) in [6.07, 6.45) is 2.16. The molecule has 8 aromatic carbocycles. The predicted molar refractivity (Wildman–Crippen MR) is 251 cm³/mol. The van der Waals surface area contributed by atoms with Crippen LogP contribution in [0, 0.1) is 0 Å². The monoisotopic (exact) mass is 767 g/mol. The van der Waals surface area contributed by atoms with Crippen LogP contribution in [-0.2, 0) is 11.8 Å². The second-order valence-corrected chi connectivity index (χ2v) is 17.0. The van der Waals surface area contributed by atoms with Crippen LogP contribution in [0.1, 0.15) is 54.0 Å². The van der Waals surface area contributed by atoms with Gasteiger partial charge in [0.05, 0.1) is 11.4 Å². The van der Waals surface area contributed by atoms with Gasteiger partial charge in [0.1, 0.15) is 0 Å². The van der Waals surface area contributed by atoms with Crippen molar-refractivity contribution in [2.75, 3.05) is 0 Å². The number of rotatable bonds is 6. The van der Waals surface area contributed by atoms with Crippen molar-refractivity contribution in [2.24, 2.45) is 0 Å². The van der Waals surface area contributed by atoms with Crippen molar-refractivity contribution in [3.63, 3.8) is 0 Å². The van der Waals surface area contributed by atoms with Crippen molar-refractivity contribution < 1.29 is 0 Å². The minimum Gasteiger partial charge on any atom is -0.248 e. The zero-order chi connectivity index (χ0) is 40.2. The lowest BCUT2D eigenvalue weighted by Gasteiger charge is -2.23. The number of aryl methyl sites for hydroxylation is 1. The van der Waals surface area contributed by atoms with Crippen molar-refractivity contribution in [3.05, 3.63) is 234 Å². The first-order valence-corrected chi connectivity index (χ1v) is 21.3. The molecule has 0 saturated heterocycles. The van der Waals surface area contributed by atoms with Gasteiger partial charge in [-0.15, -0.1) is 0 Å². The Bertz CT molecular complexity index is 2990. The predicted octanol–water partition coefficient (Wildman–Crippen LogP) is 15.5. The zero-order valence-corrected chi connectivity index (χ0v) is 34.1. The van der Waals surface area contributed by atoms with Crippen molar-refractivity contribution in [1.29, 1.82) is 0 Å². The topological polar surface area (TPSA) is 12.9 Å². The lowest BCUT2D eigenvalue weighted by molar-refractivity contribution is 0.660. The van der Waals surface area contributed by atoms with E-state index in [1.807, 2.05) is 0 Å². The molecule has 286 valence electrons. The Morgan fingerprint density at radius 1 is 0.400 bits per heavy atom. The van der Waals surface area contributed by atoms with E-state index >= 15 is 0 Å². The van der Waals surface area contributed by atoms with E-state index in [1.54, 1.807) is 0 Å². The molecule has 11 rings (SSSR count). The fourth-order valence-corrected chi connectivity index (χ4v) is 10.1. The molecular formula is C59H45N. The number of benzene rings is 8. The van der Waals surface area contributed by atoms with E-state index in [-0.39, 0.29) is 5.41 Å². The second-order valence-electron chi connectivity index (χ2n) is 17.0. The summed E-state index contributed by atoms with van der Waals surface area (Å²) in [4.78, 5) is 5.27. The van der Waals surface area contributed by atoms with Gasteiger partial charge in [0, 0.05) is 22.5 Å². The molecule has 0 spiro atoms.